The van der Waals surface area contributed by atoms with Crippen LogP contribution in [-0.4, -0.2) is 40.6 Å². The van der Waals surface area contributed by atoms with Gasteiger partial charge in [-0.2, -0.15) is 0 Å². The van der Waals surface area contributed by atoms with Gasteiger partial charge in [-0.3, -0.25) is 19.3 Å². The lowest BCUT2D eigenvalue weighted by Gasteiger charge is -2.33. The van der Waals surface area contributed by atoms with E-state index in [9.17, 15) is 18.8 Å². The molecule has 2 aromatic carbocycles. The molecular weight excluding hydrogens is 409 g/mol. The molecule has 2 aliphatic heterocycles. The summed E-state index contributed by atoms with van der Waals surface area (Å²) in [4.78, 5) is 41.4. The predicted molar refractivity (Wildman–Crippen MR) is 120 cm³/mol. The van der Waals surface area contributed by atoms with Crippen LogP contribution in [0.1, 0.15) is 37.8 Å². The number of piperidine rings is 1. The molecule has 6 nitrogen and oxygen atoms in total. The van der Waals surface area contributed by atoms with Gasteiger partial charge in [-0.25, -0.2) is 4.39 Å². The fourth-order valence-electron chi connectivity index (χ4n) is 4.37. The van der Waals surface area contributed by atoms with Gasteiger partial charge in [0.1, 0.15) is 11.5 Å². The number of hydrogen-bond donors (Lipinski definition) is 1. The Balaban J connectivity index is 1.72. The Morgan fingerprint density at radius 1 is 1.09 bits per heavy atom. The lowest BCUT2D eigenvalue weighted by molar-refractivity contribution is -0.138. The molecule has 2 heterocycles. The summed E-state index contributed by atoms with van der Waals surface area (Å²) in [5.74, 6) is -1.06. The molecule has 1 saturated heterocycles. The van der Waals surface area contributed by atoms with Crippen LogP contribution in [0.25, 0.3) is 5.57 Å². The summed E-state index contributed by atoms with van der Waals surface area (Å²) in [5.41, 5.74) is 2.21. The summed E-state index contributed by atoms with van der Waals surface area (Å²) in [6.45, 7) is 4.82. The van der Waals surface area contributed by atoms with Gasteiger partial charge in [0, 0.05) is 31.3 Å². The zero-order valence-electron chi connectivity index (χ0n) is 18.2. The van der Waals surface area contributed by atoms with Crippen molar-refractivity contribution in [3.63, 3.8) is 0 Å². The number of rotatable bonds is 5. The van der Waals surface area contributed by atoms with Crippen molar-refractivity contribution in [2.45, 2.75) is 33.2 Å². The number of nitrogens with zero attached hydrogens (tertiary/aromatic N) is 2. The Morgan fingerprint density at radius 2 is 1.81 bits per heavy atom. The molecule has 1 fully saturated rings. The molecular formula is C25H26FN3O3. The van der Waals surface area contributed by atoms with Gasteiger partial charge in [0.05, 0.1) is 12.1 Å². The van der Waals surface area contributed by atoms with Crippen LogP contribution >= 0.6 is 0 Å². The van der Waals surface area contributed by atoms with Gasteiger partial charge in [-0.15, -0.1) is 0 Å². The fourth-order valence-corrected chi connectivity index (χ4v) is 4.37. The van der Waals surface area contributed by atoms with Crippen molar-refractivity contribution >= 4 is 29.0 Å². The van der Waals surface area contributed by atoms with Crippen molar-refractivity contribution in [1.29, 1.82) is 0 Å². The predicted octanol–water partition coefficient (Wildman–Crippen LogP) is 3.80. The molecule has 166 valence electrons. The summed E-state index contributed by atoms with van der Waals surface area (Å²) in [6.07, 6.45) is 2.01. The van der Waals surface area contributed by atoms with Crippen LogP contribution in [0.4, 0.5) is 10.1 Å². The second kappa shape index (κ2) is 8.94. The minimum Gasteiger partial charge on any atom is -0.366 e. The van der Waals surface area contributed by atoms with Gasteiger partial charge >= 0.3 is 0 Å². The van der Waals surface area contributed by atoms with Crippen molar-refractivity contribution in [3.8, 4) is 0 Å². The third kappa shape index (κ3) is 4.28. The molecule has 1 atom stereocenters. The average Bonchev–Trinajstić information content (AvgIpc) is 3.00. The Bertz CT molecular complexity index is 1090. The quantitative estimate of drug-likeness (QED) is 0.726. The Morgan fingerprint density at radius 3 is 2.47 bits per heavy atom. The van der Waals surface area contributed by atoms with Gasteiger partial charge in [0.2, 0.25) is 5.91 Å². The van der Waals surface area contributed by atoms with E-state index in [1.807, 2.05) is 4.90 Å². The number of carbonyl (C=O) groups is 3. The molecule has 4 rings (SSSR count). The monoisotopic (exact) mass is 435 g/mol. The molecule has 1 unspecified atom stereocenters. The largest absolute Gasteiger partial charge is 0.366 e. The number of anilines is 1. The summed E-state index contributed by atoms with van der Waals surface area (Å²) in [5, 5.41) is 2.70. The highest BCUT2D eigenvalue weighted by Crippen LogP contribution is 2.35. The highest BCUT2D eigenvalue weighted by Gasteiger charge is 2.42. The lowest BCUT2D eigenvalue weighted by atomic mass is 9.97. The molecule has 1 N–H and O–H groups in total. The number of likely N-dealkylation sites (tertiary alicyclic amines) is 1. The number of amides is 3. The SMILES string of the molecule is CC(=O)Nc1ccc(C2=C(N3CCCC(C)C3)C(=O)N(Cc3ccccc3F)C2=O)cc1. The molecule has 2 aromatic rings. The van der Waals surface area contributed by atoms with Crippen LogP contribution in [0, 0.1) is 11.7 Å². The topological polar surface area (TPSA) is 69.7 Å². The normalized spacial score (nSPS) is 19.0. The van der Waals surface area contributed by atoms with Gasteiger partial charge in [-0.05, 0) is 42.5 Å². The number of hydrogen-bond acceptors (Lipinski definition) is 4. The zero-order chi connectivity index (χ0) is 22.8. The Labute approximate surface area is 186 Å². The number of halogens is 1. The van der Waals surface area contributed by atoms with E-state index >= 15 is 0 Å². The first-order valence-corrected chi connectivity index (χ1v) is 10.8. The third-order valence-electron chi connectivity index (χ3n) is 5.90. The first-order chi connectivity index (χ1) is 15.3. The second-order valence-electron chi connectivity index (χ2n) is 8.46. The van der Waals surface area contributed by atoms with Crippen molar-refractivity contribution in [2.75, 3.05) is 18.4 Å². The number of benzene rings is 2. The molecule has 0 radical (unpaired) electrons. The van der Waals surface area contributed by atoms with Crippen LogP contribution in [-0.2, 0) is 20.9 Å². The van der Waals surface area contributed by atoms with Crippen LogP contribution in [0.5, 0.6) is 0 Å². The van der Waals surface area contributed by atoms with Gasteiger partial charge < -0.3 is 10.2 Å². The summed E-state index contributed by atoms with van der Waals surface area (Å²) >= 11 is 0. The van der Waals surface area contributed by atoms with Gasteiger partial charge in [0.15, 0.2) is 0 Å². The van der Waals surface area contributed by atoms with Gasteiger partial charge in [-0.1, -0.05) is 37.3 Å². The van der Waals surface area contributed by atoms with Crippen LogP contribution < -0.4 is 5.32 Å². The van der Waals surface area contributed by atoms with Crippen molar-refractivity contribution in [2.24, 2.45) is 5.92 Å². The highest BCUT2D eigenvalue weighted by molar-refractivity contribution is 6.35. The number of imide groups is 1. The Hall–Kier alpha value is -3.48. The molecule has 2 aliphatic rings. The van der Waals surface area contributed by atoms with Crippen LogP contribution in [0.15, 0.2) is 54.2 Å². The van der Waals surface area contributed by atoms with E-state index in [0.29, 0.717) is 47.1 Å². The van der Waals surface area contributed by atoms with E-state index in [0.717, 1.165) is 17.7 Å². The van der Waals surface area contributed by atoms with Crippen LogP contribution in [0.3, 0.4) is 0 Å². The molecule has 0 aliphatic carbocycles. The minimum atomic E-state index is -0.450. The first kappa shape index (κ1) is 21.7. The molecule has 32 heavy (non-hydrogen) atoms. The van der Waals surface area contributed by atoms with E-state index < -0.39 is 17.6 Å². The smallest absolute Gasteiger partial charge is 0.278 e. The number of nitrogens with one attached hydrogen (secondary N) is 1. The lowest BCUT2D eigenvalue weighted by Crippen LogP contribution is -2.39. The third-order valence-corrected chi connectivity index (χ3v) is 5.90. The van der Waals surface area contributed by atoms with E-state index in [-0.39, 0.29) is 12.5 Å². The molecule has 7 heteroatoms. The zero-order valence-corrected chi connectivity index (χ0v) is 18.2. The highest BCUT2D eigenvalue weighted by atomic mass is 19.1. The summed E-state index contributed by atoms with van der Waals surface area (Å²) < 4.78 is 14.3. The average molecular weight is 435 g/mol. The van der Waals surface area contributed by atoms with E-state index in [4.69, 9.17) is 0 Å². The maximum atomic E-state index is 14.3. The summed E-state index contributed by atoms with van der Waals surface area (Å²) in [6, 6.07) is 13.0. The van der Waals surface area contributed by atoms with Crippen LogP contribution in [0.2, 0.25) is 0 Å². The second-order valence-corrected chi connectivity index (χ2v) is 8.46. The van der Waals surface area contributed by atoms with Crippen molar-refractivity contribution in [1.82, 2.24) is 9.80 Å². The molecule has 0 spiro atoms. The fraction of sp³-hybridized carbons (Fsp3) is 0.320. The molecule has 0 saturated carbocycles. The number of carbonyl (C=O) groups excluding carboxylic acids is 3. The molecule has 0 bridgehead atoms. The van der Waals surface area contributed by atoms with E-state index in [1.54, 1.807) is 42.5 Å². The Kier molecular flexibility index (Phi) is 6.08. The standard InChI is InChI=1S/C25H26FN3O3/c1-16-6-5-13-28(14-16)23-22(18-9-11-20(12-10-18)27-17(2)30)24(31)29(25(23)32)15-19-7-3-4-8-21(19)26/h3-4,7-12,16H,5-6,13-15H2,1-2H3,(H,27,30). The molecule has 0 aromatic heterocycles. The maximum absolute atomic E-state index is 14.3. The first-order valence-electron chi connectivity index (χ1n) is 10.8. The van der Waals surface area contributed by atoms with E-state index in [2.05, 4.69) is 12.2 Å². The molecule has 3 amide bonds. The van der Waals surface area contributed by atoms with E-state index in [1.165, 1.54) is 13.0 Å². The van der Waals surface area contributed by atoms with Gasteiger partial charge in [0.25, 0.3) is 11.8 Å². The minimum absolute atomic E-state index is 0.120. The van der Waals surface area contributed by atoms with Crippen molar-refractivity contribution in [3.05, 3.63) is 71.2 Å². The maximum Gasteiger partial charge on any atom is 0.278 e. The summed E-state index contributed by atoms with van der Waals surface area (Å²) in [7, 11) is 0. The van der Waals surface area contributed by atoms with Crippen molar-refractivity contribution < 1.29 is 18.8 Å².